The Balaban J connectivity index is 1.60. The number of carbonyl (C=O) groups is 3. The van der Waals surface area contributed by atoms with Crippen molar-refractivity contribution >= 4 is 23.6 Å². The van der Waals surface area contributed by atoms with Gasteiger partial charge in [-0.15, -0.1) is 0 Å². The van der Waals surface area contributed by atoms with Crippen molar-refractivity contribution in [1.29, 1.82) is 0 Å². The number of nitrogens with zero attached hydrogens (tertiary/aromatic N) is 2. The fourth-order valence-electron chi connectivity index (χ4n) is 2.92. The number of methoxy groups -OCH3 is 1. The highest BCUT2D eigenvalue weighted by molar-refractivity contribution is 5.97. The molecule has 8 nitrogen and oxygen atoms in total. The molecule has 0 radical (unpaired) electrons. The summed E-state index contributed by atoms with van der Waals surface area (Å²) in [6, 6.07) is 5.36. The average Bonchev–Trinajstić information content (AvgIpc) is 2.62. The number of anilines is 1. The van der Waals surface area contributed by atoms with Crippen LogP contribution in [0.15, 0.2) is 18.2 Å². The van der Waals surface area contributed by atoms with E-state index in [4.69, 9.17) is 4.74 Å². The highest BCUT2D eigenvalue weighted by Crippen LogP contribution is 2.30. The number of ether oxygens (including phenoxy) is 2. The predicted molar refractivity (Wildman–Crippen MR) is 89.4 cm³/mol. The van der Waals surface area contributed by atoms with E-state index in [1.54, 1.807) is 28.9 Å². The Kier molecular flexibility index (Phi) is 4.78. The standard InChI is InChI=1S/C17H21N3O5/c1-11-16(22)18-13-9-12(3-4-14(13)25-11)10-15(21)19-5-7-20(8-6-19)17(23)24-2/h3-4,9,11H,5-8,10H2,1-2H3,(H,18,22). The molecule has 1 aromatic carbocycles. The smallest absolute Gasteiger partial charge is 0.409 e. The summed E-state index contributed by atoms with van der Waals surface area (Å²) in [7, 11) is 1.35. The molecule has 1 atom stereocenters. The van der Waals surface area contributed by atoms with Gasteiger partial charge in [-0.1, -0.05) is 6.07 Å². The minimum absolute atomic E-state index is 0.0131. The van der Waals surface area contributed by atoms with Crippen LogP contribution < -0.4 is 10.1 Å². The third-order valence-electron chi connectivity index (χ3n) is 4.40. The first-order chi connectivity index (χ1) is 12.0. The molecule has 1 aromatic rings. The first-order valence-corrected chi connectivity index (χ1v) is 8.19. The molecule has 2 aliphatic rings. The molecule has 2 aliphatic heterocycles. The average molecular weight is 347 g/mol. The maximum absolute atomic E-state index is 12.5. The third-order valence-corrected chi connectivity index (χ3v) is 4.40. The van der Waals surface area contributed by atoms with E-state index in [0.29, 0.717) is 37.6 Å². The van der Waals surface area contributed by atoms with Crippen LogP contribution in [0, 0.1) is 0 Å². The molecular formula is C17H21N3O5. The molecule has 8 heteroatoms. The molecule has 2 heterocycles. The summed E-state index contributed by atoms with van der Waals surface area (Å²) >= 11 is 0. The maximum atomic E-state index is 12.5. The fourth-order valence-corrected chi connectivity index (χ4v) is 2.92. The second-order valence-corrected chi connectivity index (χ2v) is 6.09. The van der Waals surface area contributed by atoms with Gasteiger partial charge in [0.15, 0.2) is 6.10 Å². The Bertz CT molecular complexity index is 698. The molecule has 134 valence electrons. The van der Waals surface area contributed by atoms with Gasteiger partial charge in [-0.05, 0) is 24.6 Å². The summed E-state index contributed by atoms with van der Waals surface area (Å²) in [6.45, 7) is 3.57. The lowest BCUT2D eigenvalue weighted by molar-refractivity contribution is -0.132. The van der Waals surface area contributed by atoms with Crippen LogP contribution in [0.25, 0.3) is 0 Å². The summed E-state index contributed by atoms with van der Waals surface area (Å²) in [5.74, 6) is 0.394. The van der Waals surface area contributed by atoms with E-state index < -0.39 is 6.10 Å². The number of benzene rings is 1. The molecule has 0 spiro atoms. The quantitative estimate of drug-likeness (QED) is 0.857. The van der Waals surface area contributed by atoms with E-state index in [9.17, 15) is 14.4 Å². The lowest BCUT2D eigenvalue weighted by Crippen LogP contribution is -2.50. The largest absolute Gasteiger partial charge is 0.479 e. The second kappa shape index (κ2) is 7.00. The van der Waals surface area contributed by atoms with E-state index in [0.717, 1.165) is 5.56 Å². The minimum atomic E-state index is -0.522. The molecule has 0 aromatic heterocycles. The molecule has 1 saturated heterocycles. The summed E-state index contributed by atoms with van der Waals surface area (Å²) in [5, 5.41) is 2.78. The number of fused-ring (bicyclic) bond motifs is 1. The van der Waals surface area contributed by atoms with Gasteiger partial charge in [0.2, 0.25) is 5.91 Å². The Morgan fingerprint density at radius 2 is 1.92 bits per heavy atom. The highest BCUT2D eigenvalue weighted by atomic mass is 16.5. The Labute approximate surface area is 145 Å². The van der Waals surface area contributed by atoms with Crippen molar-refractivity contribution in [3.05, 3.63) is 23.8 Å². The molecule has 3 rings (SSSR count). The Hall–Kier alpha value is -2.77. The van der Waals surface area contributed by atoms with Gasteiger partial charge in [0, 0.05) is 26.2 Å². The molecule has 25 heavy (non-hydrogen) atoms. The molecule has 1 unspecified atom stereocenters. The molecule has 0 bridgehead atoms. The van der Waals surface area contributed by atoms with Gasteiger partial charge in [0.05, 0.1) is 19.2 Å². The van der Waals surface area contributed by atoms with Crippen molar-refractivity contribution < 1.29 is 23.9 Å². The summed E-state index contributed by atoms with van der Waals surface area (Å²) in [5.41, 5.74) is 1.39. The van der Waals surface area contributed by atoms with Crippen molar-refractivity contribution in [2.45, 2.75) is 19.4 Å². The minimum Gasteiger partial charge on any atom is -0.479 e. The van der Waals surface area contributed by atoms with Gasteiger partial charge in [0.25, 0.3) is 5.91 Å². The van der Waals surface area contributed by atoms with E-state index in [2.05, 4.69) is 10.1 Å². The SMILES string of the molecule is COC(=O)N1CCN(C(=O)Cc2ccc3c(c2)NC(=O)C(C)O3)CC1. The maximum Gasteiger partial charge on any atom is 0.409 e. The van der Waals surface area contributed by atoms with Crippen molar-refractivity contribution in [3.63, 3.8) is 0 Å². The zero-order valence-electron chi connectivity index (χ0n) is 14.3. The molecule has 1 N–H and O–H groups in total. The summed E-state index contributed by atoms with van der Waals surface area (Å²) in [4.78, 5) is 39.0. The van der Waals surface area contributed by atoms with Gasteiger partial charge < -0.3 is 24.6 Å². The zero-order valence-corrected chi connectivity index (χ0v) is 14.3. The number of hydrogen-bond donors (Lipinski definition) is 1. The van der Waals surface area contributed by atoms with Gasteiger partial charge in [0.1, 0.15) is 5.75 Å². The highest BCUT2D eigenvalue weighted by Gasteiger charge is 2.26. The Morgan fingerprint density at radius 3 is 2.60 bits per heavy atom. The normalized spacial score (nSPS) is 19.6. The number of nitrogens with one attached hydrogen (secondary N) is 1. The van der Waals surface area contributed by atoms with Crippen LogP contribution in [0.4, 0.5) is 10.5 Å². The van der Waals surface area contributed by atoms with Crippen molar-refractivity contribution in [2.24, 2.45) is 0 Å². The first-order valence-electron chi connectivity index (χ1n) is 8.19. The molecule has 0 saturated carbocycles. The van der Waals surface area contributed by atoms with Crippen molar-refractivity contribution in [2.75, 3.05) is 38.6 Å². The van der Waals surface area contributed by atoms with Crippen LogP contribution >= 0.6 is 0 Å². The number of carbonyl (C=O) groups excluding carboxylic acids is 3. The third kappa shape index (κ3) is 3.67. The van der Waals surface area contributed by atoms with E-state index >= 15 is 0 Å². The number of piperazine rings is 1. The predicted octanol–water partition coefficient (Wildman–Crippen LogP) is 0.859. The number of amides is 3. The van der Waals surface area contributed by atoms with Crippen LogP contribution in [-0.2, 0) is 20.7 Å². The van der Waals surface area contributed by atoms with Gasteiger partial charge in [-0.2, -0.15) is 0 Å². The zero-order chi connectivity index (χ0) is 18.0. The molecular weight excluding hydrogens is 326 g/mol. The fraction of sp³-hybridized carbons (Fsp3) is 0.471. The number of hydrogen-bond acceptors (Lipinski definition) is 5. The van der Waals surface area contributed by atoms with Crippen LogP contribution in [0.5, 0.6) is 5.75 Å². The van der Waals surface area contributed by atoms with Gasteiger partial charge in [-0.3, -0.25) is 9.59 Å². The topological polar surface area (TPSA) is 88.2 Å². The first kappa shape index (κ1) is 17.1. The summed E-state index contributed by atoms with van der Waals surface area (Å²) in [6.07, 6.45) is -0.658. The Morgan fingerprint density at radius 1 is 1.24 bits per heavy atom. The lowest BCUT2D eigenvalue weighted by Gasteiger charge is -2.34. The van der Waals surface area contributed by atoms with Crippen LogP contribution in [0.3, 0.4) is 0 Å². The van der Waals surface area contributed by atoms with Crippen molar-refractivity contribution in [1.82, 2.24) is 9.80 Å². The lowest BCUT2D eigenvalue weighted by atomic mass is 10.1. The van der Waals surface area contributed by atoms with E-state index in [1.807, 2.05) is 6.07 Å². The summed E-state index contributed by atoms with van der Waals surface area (Å²) < 4.78 is 10.2. The molecule has 0 aliphatic carbocycles. The molecule has 3 amide bonds. The monoisotopic (exact) mass is 347 g/mol. The number of rotatable bonds is 2. The van der Waals surface area contributed by atoms with Crippen LogP contribution in [0.2, 0.25) is 0 Å². The van der Waals surface area contributed by atoms with Crippen molar-refractivity contribution in [3.8, 4) is 5.75 Å². The molecule has 1 fully saturated rings. The van der Waals surface area contributed by atoms with E-state index in [-0.39, 0.29) is 24.3 Å². The van der Waals surface area contributed by atoms with E-state index in [1.165, 1.54) is 7.11 Å². The van der Waals surface area contributed by atoms with Crippen LogP contribution in [0.1, 0.15) is 12.5 Å². The van der Waals surface area contributed by atoms with Gasteiger partial charge in [-0.25, -0.2) is 4.79 Å². The van der Waals surface area contributed by atoms with Crippen LogP contribution in [-0.4, -0.2) is 67.1 Å². The van der Waals surface area contributed by atoms with Gasteiger partial charge >= 0.3 is 6.09 Å². The second-order valence-electron chi connectivity index (χ2n) is 6.09.